The van der Waals surface area contributed by atoms with Crippen LogP contribution in [0.15, 0.2) is 60.8 Å². The molecule has 42 heavy (non-hydrogen) atoms. The number of aliphatic hydroxyl groups excluding tert-OH is 1. The highest BCUT2D eigenvalue weighted by Gasteiger charge is 2.34. The maximum atomic E-state index is 13.7. The van der Waals surface area contributed by atoms with E-state index in [4.69, 9.17) is 14.2 Å². The fourth-order valence-corrected chi connectivity index (χ4v) is 4.54. The molecule has 4 rings (SSSR count). The predicted molar refractivity (Wildman–Crippen MR) is 159 cm³/mol. The molecule has 0 saturated heterocycles. The SMILES string of the molecule is COc1ccc(C#Cc2cnc3c(c2)C(=O)N([C@H](C)CO)C[C@H](C)[C@H](CN(C)C(=O)Nc2ccccc2)O3)cc1OC. The molecule has 0 spiro atoms. The summed E-state index contributed by atoms with van der Waals surface area (Å²) >= 11 is 0. The molecular weight excluding hydrogens is 536 g/mol. The van der Waals surface area contributed by atoms with E-state index in [9.17, 15) is 14.7 Å². The predicted octanol–water partition coefficient (Wildman–Crippen LogP) is 3.88. The Balaban J connectivity index is 1.62. The molecule has 0 radical (unpaired) electrons. The van der Waals surface area contributed by atoms with Crippen molar-refractivity contribution in [3.8, 4) is 29.2 Å². The first-order valence-corrected chi connectivity index (χ1v) is 13.6. The largest absolute Gasteiger partial charge is 0.493 e. The van der Waals surface area contributed by atoms with Gasteiger partial charge in [0.1, 0.15) is 11.7 Å². The number of para-hydroxylation sites is 1. The van der Waals surface area contributed by atoms with Gasteiger partial charge in [-0.3, -0.25) is 4.79 Å². The summed E-state index contributed by atoms with van der Waals surface area (Å²) in [6, 6.07) is 15.5. The Morgan fingerprint density at radius 3 is 2.55 bits per heavy atom. The van der Waals surface area contributed by atoms with Crippen molar-refractivity contribution < 1.29 is 28.9 Å². The van der Waals surface area contributed by atoms with E-state index in [1.54, 1.807) is 62.4 Å². The smallest absolute Gasteiger partial charge is 0.321 e. The number of amides is 3. The molecule has 10 nitrogen and oxygen atoms in total. The number of fused-ring (bicyclic) bond motifs is 1. The Hall–Kier alpha value is -4.75. The summed E-state index contributed by atoms with van der Waals surface area (Å²) in [4.78, 5) is 34.2. The Bertz CT molecular complexity index is 1470. The summed E-state index contributed by atoms with van der Waals surface area (Å²) in [5.41, 5.74) is 2.13. The van der Waals surface area contributed by atoms with Crippen LogP contribution in [0.3, 0.4) is 0 Å². The second kappa shape index (κ2) is 13.7. The molecule has 3 atom stereocenters. The number of ether oxygens (including phenoxy) is 3. The zero-order chi connectivity index (χ0) is 30.2. The van der Waals surface area contributed by atoms with Crippen LogP contribution in [0.4, 0.5) is 10.5 Å². The minimum Gasteiger partial charge on any atom is -0.493 e. The van der Waals surface area contributed by atoms with Gasteiger partial charge in [-0.2, -0.15) is 0 Å². The van der Waals surface area contributed by atoms with E-state index in [1.165, 1.54) is 0 Å². The minimum absolute atomic E-state index is 0.153. The number of anilines is 1. The number of rotatable bonds is 7. The highest BCUT2D eigenvalue weighted by Crippen LogP contribution is 2.29. The molecule has 0 bridgehead atoms. The minimum atomic E-state index is -0.479. The van der Waals surface area contributed by atoms with Crippen LogP contribution in [0.2, 0.25) is 0 Å². The Morgan fingerprint density at radius 2 is 1.86 bits per heavy atom. The third-order valence-corrected chi connectivity index (χ3v) is 7.08. The molecule has 3 amide bonds. The van der Waals surface area contributed by atoms with Crippen LogP contribution in [0.5, 0.6) is 17.4 Å². The van der Waals surface area contributed by atoms with Crippen molar-refractivity contribution in [1.29, 1.82) is 0 Å². The molecule has 1 aromatic heterocycles. The fraction of sp³-hybridized carbons (Fsp3) is 0.344. The standard InChI is InChI=1S/C32H36N4O6/c1-21-18-36(22(2)20-37)31(38)26-15-24(12-11-23-13-14-27(40-4)28(16-23)41-5)17-33-30(26)42-29(21)19-35(3)32(39)34-25-9-7-6-8-10-25/h6-10,13-17,21-22,29,37H,18-20H2,1-5H3,(H,34,39)/t21-,22+,29-/m0/s1. The van der Waals surface area contributed by atoms with Gasteiger partial charge in [0.25, 0.3) is 5.91 Å². The van der Waals surface area contributed by atoms with E-state index in [0.29, 0.717) is 34.9 Å². The number of hydrogen-bond acceptors (Lipinski definition) is 7. The number of nitrogens with one attached hydrogen (secondary N) is 1. The van der Waals surface area contributed by atoms with E-state index in [1.807, 2.05) is 43.3 Å². The van der Waals surface area contributed by atoms with Crippen LogP contribution in [-0.2, 0) is 0 Å². The number of carbonyl (C=O) groups excluding carboxylic acids is 2. The molecule has 2 heterocycles. The second-order valence-electron chi connectivity index (χ2n) is 10.2. The molecule has 2 aromatic carbocycles. The quantitative estimate of drug-likeness (QED) is 0.413. The monoisotopic (exact) mass is 572 g/mol. The third kappa shape index (κ3) is 7.11. The molecule has 0 saturated carbocycles. The van der Waals surface area contributed by atoms with Crippen LogP contribution in [0.1, 0.15) is 35.3 Å². The van der Waals surface area contributed by atoms with Crippen LogP contribution in [-0.4, -0.2) is 84.9 Å². The number of carbonyl (C=O) groups is 2. The van der Waals surface area contributed by atoms with Gasteiger partial charge >= 0.3 is 6.03 Å². The molecule has 3 aromatic rings. The maximum absolute atomic E-state index is 13.7. The van der Waals surface area contributed by atoms with E-state index < -0.39 is 12.1 Å². The first kappa shape index (κ1) is 30.2. The average molecular weight is 573 g/mol. The van der Waals surface area contributed by atoms with Gasteiger partial charge in [0, 0.05) is 42.5 Å². The van der Waals surface area contributed by atoms with Gasteiger partial charge in [-0.1, -0.05) is 37.0 Å². The number of likely N-dealkylation sites (N-methyl/N-ethyl adjacent to an activating group) is 1. The Kier molecular flexibility index (Phi) is 9.89. The molecule has 0 aliphatic carbocycles. The summed E-state index contributed by atoms with van der Waals surface area (Å²) in [7, 11) is 4.81. The number of urea groups is 1. The number of aliphatic hydroxyl groups is 1. The van der Waals surface area contributed by atoms with E-state index >= 15 is 0 Å². The van der Waals surface area contributed by atoms with E-state index in [2.05, 4.69) is 22.1 Å². The molecule has 10 heteroatoms. The highest BCUT2D eigenvalue weighted by atomic mass is 16.5. The van der Waals surface area contributed by atoms with E-state index in [-0.39, 0.29) is 42.5 Å². The van der Waals surface area contributed by atoms with Gasteiger partial charge in [0.15, 0.2) is 11.5 Å². The third-order valence-electron chi connectivity index (χ3n) is 7.08. The van der Waals surface area contributed by atoms with Crippen LogP contribution in [0.25, 0.3) is 0 Å². The summed E-state index contributed by atoms with van der Waals surface area (Å²) in [6.45, 7) is 4.10. The zero-order valence-electron chi connectivity index (χ0n) is 24.5. The first-order valence-electron chi connectivity index (χ1n) is 13.6. The number of aromatic nitrogens is 1. The van der Waals surface area contributed by atoms with Crippen molar-refractivity contribution in [2.24, 2.45) is 5.92 Å². The average Bonchev–Trinajstić information content (AvgIpc) is 3.01. The van der Waals surface area contributed by atoms with Gasteiger partial charge in [0.2, 0.25) is 5.88 Å². The van der Waals surface area contributed by atoms with Crippen LogP contribution < -0.4 is 19.5 Å². The number of methoxy groups -OCH3 is 2. The lowest BCUT2D eigenvalue weighted by Crippen LogP contribution is -2.50. The van der Waals surface area contributed by atoms with Gasteiger partial charge in [-0.15, -0.1) is 0 Å². The normalized spacial score (nSPS) is 16.9. The highest BCUT2D eigenvalue weighted by molar-refractivity contribution is 5.97. The lowest BCUT2D eigenvalue weighted by molar-refractivity contribution is 0.0356. The summed E-state index contributed by atoms with van der Waals surface area (Å²) in [6.07, 6.45) is 1.07. The van der Waals surface area contributed by atoms with Crippen LogP contribution >= 0.6 is 0 Å². The summed E-state index contributed by atoms with van der Waals surface area (Å²) in [5.74, 6) is 6.95. The summed E-state index contributed by atoms with van der Waals surface area (Å²) < 4.78 is 16.9. The maximum Gasteiger partial charge on any atom is 0.321 e. The summed E-state index contributed by atoms with van der Waals surface area (Å²) in [5, 5.41) is 12.8. The van der Waals surface area contributed by atoms with Crippen molar-refractivity contribution in [1.82, 2.24) is 14.8 Å². The second-order valence-corrected chi connectivity index (χ2v) is 10.2. The zero-order valence-corrected chi connectivity index (χ0v) is 24.5. The number of nitrogens with zero attached hydrogens (tertiary/aromatic N) is 3. The van der Waals surface area contributed by atoms with E-state index in [0.717, 1.165) is 0 Å². The Labute approximate surface area is 246 Å². The van der Waals surface area contributed by atoms with Gasteiger partial charge in [0.05, 0.1) is 33.4 Å². The van der Waals surface area contributed by atoms with Crippen molar-refractivity contribution in [2.75, 3.05) is 46.3 Å². The van der Waals surface area contributed by atoms with Gasteiger partial charge in [-0.25, -0.2) is 9.78 Å². The first-order chi connectivity index (χ1) is 20.2. The molecule has 1 aliphatic rings. The van der Waals surface area contributed by atoms with Crippen molar-refractivity contribution in [3.05, 3.63) is 77.5 Å². The lowest BCUT2D eigenvalue weighted by Gasteiger charge is -2.37. The molecule has 2 N–H and O–H groups in total. The van der Waals surface area contributed by atoms with Crippen molar-refractivity contribution >= 4 is 17.6 Å². The molecule has 220 valence electrons. The van der Waals surface area contributed by atoms with Gasteiger partial charge in [-0.05, 0) is 43.3 Å². The topological polar surface area (TPSA) is 113 Å². The number of pyridine rings is 1. The molecule has 0 fully saturated rings. The lowest BCUT2D eigenvalue weighted by atomic mass is 10.00. The van der Waals surface area contributed by atoms with Gasteiger partial charge < -0.3 is 34.4 Å². The molecular formula is C32H36N4O6. The number of hydrogen-bond donors (Lipinski definition) is 2. The molecule has 0 unspecified atom stereocenters. The number of benzene rings is 2. The van der Waals surface area contributed by atoms with Crippen LogP contribution in [0, 0.1) is 17.8 Å². The Morgan fingerprint density at radius 1 is 1.14 bits per heavy atom. The molecule has 1 aliphatic heterocycles. The van der Waals surface area contributed by atoms with Crippen molar-refractivity contribution in [2.45, 2.75) is 26.0 Å². The fourth-order valence-electron chi connectivity index (χ4n) is 4.54. The van der Waals surface area contributed by atoms with Crippen molar-refractivity contribution in [3.63, 3.8) is 0 Å².